The summed E-state index contributed by atoms with van der Waals surface area (Å²) in [5.74, 6) is 0. The third-order valence-electron chi connectivity index (χ3n) is 1.01. The third-order valence-corrected chi connectivity index (χ3v) is 1.87. The lowest BCUT2D eigenvalue weighted by Gasteiger charge is -2.14. The van der Waals surface area contributed by atoms with E-state index in [2.05, 4.69) is 0 Å². The van der Waals surface area contributed by atoms with Gasteiger partial charge in [-0.2, -0.15) is 0 Å². The molecule has 1 aliphatic rings. The number of alkyl halides is 1. The molecule has 1 aliphatic heterocycles. The second kappa shape index (κ2) is 2.87. The van der Waals surface area contributed by atoms with E-state index in [4.69, 9.17) is 28.1 Å². The van der Waals surface area contributed by atoms with Crippen LogP contribution < -0.4 is 4.42 Å². The average molecular weight is 156 g/mol. The maximum absolute atomic E-state index is 5.64. The molecule has 1 rings (SSSR count). The van der Waals surface area contributed by atoms with Crippen LogP contribution in [0.4, 0.5) is 0 Å². The molecule has 8 heavy (non-hydrogen) atoms. The smallest absolute Gasteiger partial charge is 0.250 e. The Labute approximate surface area is 58.4 Å². The van der Waals surface area contributed by atoms with E-state index in [1.54, 1.807) is 4.42 Å². The van der Waals surface area contributed by atoms with Gasteiger partial charge in [0.05, 0.1) is 0 Å². The molecular weight excluding hydrogens is 149 g/mol. The van der Waals surface area contributed by atoms with Gasteiger partial charge in [0.2, 0.25) is 17.3 Å². The second-order valence-corrected chi connectivity index (χ2v) is 2.57. The number of rotatable bonds is 0. The standard InChI is InChI=1S/C4H7Cl2NO/c5-4-3-8-2-1-7(4)6/h4H,1-3H2/q+1. The highest BCUT2D eigenvalue weighted by atomic mass is 35.5. The molecule has 0 amide bonds. The molecule has 0 bridgehead atoms. The molecule has 1 heterocycles. The van der Waals surface area contributed by atoms with E-state index in [0.717, 1.165) is 6.54 Å². The Morgan fingerprint density at radius 2 is 2.38 bits per heavy atom. The Hall–Kier alpha value is 0.500. The van der Waals surface area contributed by atoms with Crippen molar-refractivity contribution in [2.45, 2.75) is 5.50 Å². The zero-order valence-corrected chi connectivity index (χ0v) is 5.82. The first kappa shape index (κ1) is 6.62. The summed E-state index contributed by atoms with van der Waals surface area (Å²) in [4.78, 5) is 0. The largest absolute Gasteiger partial charge is 0.367 e. The average Bonchev–Trinajstić information content (AvgIpc) is 1.77. The van der Waals surface area contributed by atoms with Crippen LogP contribution in [0.1, 0.15) is 0 Å². The van der Waals surface area contributed by atoms with Crippen LogP contribution in [0, 0.1) is 0 Å². The lowest BCUT2D eigenvalue weighted by Crippen LogP contribution is -2.39. The van der Waals surface area contributed by atoms with Crippen LogP contribution in [0.3, 0.4) is 0 Å². The van der Waals surface area contributed by atoms with Crippen LogP contribution in [0.5, 0.6) is 0 Å². The second-order valence-electron chi connectivity index (χ2n) is 1.63. The summed E-state index contributed by atoms with van der Waals surface area (Å²) in [6.45, 7) is 1.94. The molecule has 47 valence electrons. The van der Waals surface area contributed by atoms with Gasteiger partial charge in [-0.15, -0.1) is 0 Å². The van der Waals surface area contributed by atoms with E-state index >= 15 is 0 Å². The van der Waals surface area contributed by atoms with Gasteiger partial charge < -0.3 is 4.74 Å². The Balaban J connectivity index is 2.28. The van der Waals surface area contributed by atoms with Crippen molar-refractivity contribution in [1.29, 1.82) is 0 Å². The highest BCUT2D eigenvalue weighted by Gasteiger charge is 2.28. The van der Waals surface area contributed by atoms with Crippen LogP contribution in [0.25, 0.3) is 0 Å². The van der Waals surface area contributed by atoms with Gasteiger partial charge in [-0.1, -0.05) is 0 Å². The lowest BCUT2D eigenvalue weighted by molar-refractivity contribution is 0.0861. The molecule has 0 spiro atoms. The van der Waals surface area contributed by atoms with Crippen molar-refractivity contribution >= 4 is 23.4 Å². The van der Waals surface area contributed by atoms with Crippen molar-refractivity contribution in [3.05, 3.63) is 0 Å². The number of ether oxygens (including phenoxy) is 1. The van der Waals surface area contributed by atoms with Crippen molar-refractivity contribution in [3.8, 4) is 0 Å². The number of hydrogen-bond donors (Lipinski definition) is 0. The SMILES string of the molecule is ClC1COCC[N+]1Cl. The molecule has 0 N–H and O–H groups in total. The Morgan fingerprint density at radius 1 is 1.62 bits per heavy atom. The summed E-state index contributed by atoms with van der Waals surface area (Å²) >= 11 is 11.2. The van der Waals surface area contributed by atoms with Gasteiger partial charge >= 0.3 is 0 Å². The summed E-state index contributed by atoms with van der Waals surface area (Å²) in [6, 6.07) is 0. The van der Waals surface area contributed by atoms with Crippen LogP contribution in [0.2, 0.25) is 0 Å². The van der Waals surface area contributed by atoms with Crippen LogP contribution in [-0.4, -0.2) is 25.3 Å². The molecule has 0 aromatic rings. The quantitative estimate of drug-likeness (QED) is 0.288. The minimum Gasteiger partial charge on any atom is -0.367 e. The van der Waals surface area contributed by atoms with Crippen LogP contribution in [0.15, 0.2) is 0 Å². The summed E-state index contributed by atoms with van der Waals surface area (Å²) < 4.78 is 6.54. The van der Waals surface area contributed by atoms with Crippen molar-refractivity contribution in [2.24, 2.45) is 0 Å². The van der Waals surface area contributed by atoms with E-state index in [9.17, 15) is 0 Å². The molecule has 0 aliphatic carbocycles. The van der Waals surface area contributed by atoms with Crippen molar-refractivity contribution < 1.29 is 4.74 Å². The molecule has 1 unspecified atom stereocenters. The molecular formula is C4H7Cl2NO+. The first-order chi connectivity index (χ1) is 3.80. The highest BCUT2D eigenvalue weighted by Crippen LogP contribution is 2.08. The number of hydrogen-bond acceptors (Lipinski definition) is 2. The zero-order valence-electron chi connectivity index (χ0n) is 4.31. The Bertz CT molecular complexity index is 70.4. The summed E-state index contributed by atoms with van der Waals surface area (Å²) in [7, 11) is 0. The maximum Gasteiger partial charge on any atom is 0.250 e. The van der Waals surface area contributed by atoms with Crippen molar-refractivity contribution in [2.75, 3.05) is 19.8 Å². The number of morpholine rings is 1. The van der Waals surface area contributed by atoms with Gasteiger partial charge in [-0.3, -0.25) is 0 Å². The number of halogens is 2. The van der Waals surface area contributed by atoms with Gasteiger partial charge in [0.25, 0.3) is 0 Å². The molecule has 1 saturated heterocycles. The van der Waals surface area contributed by atoms with Gasteiger partial charge in [-0.25, -0.2) is 0 Å². The predicted octanol–water partition coefficient (Wildman–Crippen LogP) is 0.875. The molecule has 1 radical (unpaired) electrons. The predicted molar refractivity (Wildman–Crippen MR) is 33.3 cm³/mol. The Morgan fingerprint density at radius 3 is 2.75 bits per heavy atom. The fourth-order valence-corrected chi connectivity index (χ4v) is 0.865. The minimum absolute atomic E-state index is 0.148. The van der Waals surface area contributed by atoms with Crippen molar-refractivity contribution in [1.82, 2.24) is 4.42 Å². The van der Waals surface area contributed by atoms with Crippen molar-refractivity contribution in [3.63, 3.8) is 0 Å². The van der Waals surface area contributed by atoms with E-state index in [-0.39, 0.29) is 5.50 Å². The van der Waals surface area contributed by atoms with Crippen LogP contribution in [-0.2, 0) is 4.74 Å². The van der Waals surface area contributed by atoms with E-state index in [1.807, 2.05) is 0 Å². The first-order valence-corrected chi connectivity index (χ1v) is 3.22. The van der Waals surface area contributed by atoms with Gasteiger partial charge in [0.15, 0.2) is 6.54 Å². The zero-order chi connectivity index (χ0) is 5.98. The molecule has 2 nitrogen and oxygen atoms in total. The molecule has 4 heteroatoms. The minimum atomic E-state index is -0.148. The fraction of sp³-hybridized carbons (Fsp3) is 1.00. The normalized spacial score (nSPS) is 33.0. The summed E-state index contributed by atoms with van der Waals surface area (Å²) in [6.07, 6.45) is 0. The summed E-state index contributed by atoms with van der Waals surface area (Å²) in [5.41, 5.74) is -0.148. The maximum atomic E-state index is 5.64. The molecule has 0 saturated carbocycles. The van der Waals surface area contributed by atoms with Gasteiger partial charge in [0, 0.05) is 0 Å². The van der Waals surface area contributed by atoms with Crippen LogP contribution >= 0.6 is 23.4 Å². The van der Waals surface area contributed by atoms with E-state index in [0.29, 0.717) is 13.2 Å². The first-order valence-electron chi connectivity index (χ1n) is 2.45. The highest BCUT2D eigenvalue weighted by molar-refractivity contribution is 6.26. The topological polar surface area (TPSA) is 15.1 Å². The number of nitrogens with zero attached hydrogens (tertiary/aromatic N) is 1. The fourth-order valence-electron chi connectivity index (χ4n) is 0.553. The molecule has 0 aromatic heterocycles. The third kappa shape index (κ3) is 1.49. The van der Waals surface area contributed by atoms with E-state index in [1.165, 1.54) is 0 Å². The van der Waals surface area contributed by atoms with E-state index < -0.39 is 0 Å². The summed E-state index contributed by atoms with van der Waals surface area (Å²) in [5, 5.41) is 0. The van der Waals surface area contributed by atoms with Gasteiger partial charge in [-0.05, 0) is 16.0 Å². The monoisotopic (exact) mass is 155 g/mol. The molecule has 0 aromatic carbocycles. The molecule has 1 fully saturated rings. The lowest BCUT2D eigenvalue weighted by atomic mass is 10.5. The Kier molecular flexibility index (Phi) is 2.38. The van der Waals surface area contributed by atoms with Gasteiger partial charge in [0.1, 0.15) is 13.2 Å². The molecule has 1 atom stereocenters.